The second kappa shape index (κ2) is 7.89. The molecule has 0 aromatic carbocycles. The normalized spacial score (nSPS) is 15.3. The van der Waals surface area contributed by atoms with Crippen LogP contribution in [0.5, 0.6) is 0 Å². The van der Waals surface area contributed by atoms with Gasteiger partial charge in [0.05, 0.1) is 30.2 Å². The molecule has 0 atom stereocenters. The molecular formula is C17H28N6O2S. The number of aryl methyl sites for hydroxylation is 2. The average molecular weight is 381 g/mol. The minimum absolute atomic E-state index is 0.186. The van der Waals surface area contributed by atoms with E-state index in [-0.39, 0.29) is 11.6 Å². The Hall–Kier alpha value is -1.71. The summed E-state index contributed by atoms with van der Waals surface area (Å²) >= 11 is 0. The van der Waals surface area contributed by atoms with E-state index in [0.717, 1.165) is 37.6 Å². The lowest BCUT2D eigenvalue weighted by atomic mass is 10.2. The van der Waals surface area contributed by atoms with E-state index in [1.807, 2.05) is 17.7 Å². The third kappa shape index (κ3) is 4.16. The molecule has 1 N–H and O–H groups in total. The largest absolute Gasteiger partial charge is 0.296 e. The maximum absolute atomic E-state index is 12.6. The molecule has 3 heterocycles. The van der Waals surface area contributed by atoms with Crippen molar-refractivity contribution < 1.29 is 8.42 Å². The van der Waals surface area contributed by atoms with Crippen LogP contribution in [0.15, 0.2) is 17.2 Å². The topological polar surface area (TPSA) is 85.1 Å². The van der Waals surface area contributed by atoms with E-state index in [1.165, 1.54) is 17.5 Å². The molecule has 2 aromatic rings. The Labute approximate surface area is 155 Å². The van der Waals surface area contributed by atoms with Gasteiger partial charge in [-0.05, 0) is 38.9 Å². The molecule has 1 aliphatic heterocycles. The van der Waals surface area contributed by atoms with Crippen molar-refractivity contribution in [3.05, 3.63) is 29.2 Å². The Morgan fingerprint density at radius 1 is 1.19 bits per heavy atom. The molecule has 1 aliphatic rings. The van der Waals surface area contributed by atoms with E-state index in [0.29, 0.717) is 12.2 Å². The summed E-state index contributed by atoms with van der Waals surface area (Å²) in [4.78, 5) is 2.43. The van der Waals surface area contributed by atoms with Gasteiger partial charge in [-0.1, -0.05) is 13.3 Å². The van der Waals surface area contributed by atoms with Gasteiger partial charge in [-0.15, -0.1) is 0 Å². The lowest BCUT2D eigenvalue weighted by Crippen LogP contribution is -2.34. The third-order valence-electron chi connectivity index (χ3n) is 4.64. The molecule has 144 valence electrons. The van der Waals surface area contributed by atoms with Crippen LogP contribution in [0.25, 0.3) is 0 Å². The van der Waals surface area contributed by atoms with Crippen molar-refractivity contribution in [1.82, 2.24) is 29.2 Å². The summed E-state index contributed by atoms with van der Waals surface area (Å²) in [6.45, 7) is 10.4. The van der Waals surface area contributed by atoms with Gasteiger partial charge in [-0.2, -0.15) is 10.2 Å². The quantitative estimate of drug-likeness (QED) is 0.750. The molecule has 0 radical (unpaired) electrons. The maximum atomic E-state index is 12.6. The Balaban J connectivity index is 1.66. The third-order valence-corrected chi connectivity index (χ3v) is 6.04. The molecule has 0 bridgehead atoms. The van der Waals surface area contributed by atoms with Crippen LogP contribution < -0.4 is 4.72 Å². The molecule has 0 saturated carbocycles. The van der Waals surface area contributed by atoms with Gasteiger partial charge in [-0.25, -0.2) is 13.1 Å². The molecule has 3 rings (SSSR count). The van der Waals surface area contributed by atoms with E-state index in [1.54, 1.807) is 13.0 Å². The standard InChI is InChI=1S/C17H28N6O2S/c1-4-6-7-21-8-9-23-16(13-21)11-15(20-23)12-18-26(24,25)17-10-14(3)19-22(17)5-2/h10-11,18H,4-9,12-13H2,1-3H3. The van der Waals surface area contributed by atoms with Crippen LogP contribution in [-0.4, -0.2) is 46.0 Å². The van der Waals surface area contributed by atoms with Crippen molar-refractivity contribution in [2.24, 2.45) is 0 Å². The van der Waals surface area contributed by atoms with Gasteiger partial charge in [0.25, 0.3) is 10.0 Å². The van der Waals surface area contributed by atoms with Crippen molar-refractivity contribution in [3.8, 4) is 0 Å². The number of hydrogen-bond acceptors (Lipinski definition) is 5. The highest BCUT2D eigenvalue weighted by Gasteiger charge is 2.22. The zero-order valence-corrected chi connectivity index (χ0v) is 16.6. The van der Waals surface area contributed by atoms with Crippen LogP contribution in [-0.2, 0) is 36.2 Å². The van der Waals surface area contributed by atoms with E-state index >= 15 is 0 Å². The summed E-state index contributed by atoms with van der Waals surface area (Å²) in [6, 6.07) is 3.60. The summed E-state index contributed by atoms with van der Waals surface area (Å²) in [7, 11) is -3.61. The summed E-state index contributed by atoms with van der Waals surface area (Å²) in [5, 5.41) is 8.96. The number of nitrogens with zero attached hydrogens (tertiary/aromatic N) is 5. The van der Waals surface area contributed by atoms with Gasteiger partial charge in [0.2, 0.25) is 0 Å². The monoisotopic (exact) mass is 380 g/mol. The zero-order chi connectivity index (χ0) is 18.7. The van der Waals surface area contributed by atoms with Crippen molar-refractivity contribution in [2.75, 3.05) is 13.1 Å². The van der Waals surface area contributed by atoms with E-state index < -0.39 is 10.0 Å². The number of fused-ring (bicyclic) bond motifs is 1. The van der Waals surface area contributed by atoms with Gasteiger partial charge < -0.3 is 0 Å². The molecule has 9 heteroatoms. The SMILES string of the molecule is CCCCN1CCn2nc(CNS(=O)(=O)c3cc(C)nn3CC)cc2C1. The van der Waals surface area contributed by atoms with E-state index in [2.05, 4.69) is 26.7 Å². The minimum atomic E-state index is -3.61. The number of hydrogen-bond donors (Lipinski definition) is 1. The lowest BCUT2D eigenvalue weighted by Gasteiger charge is -2.27. The van der Waals surface area contributed by atoms with Gasteiger partial charge in [0, 0.05) is 19.6 Å². The molecule has 26 heavy (non-hydrogen) atoms. The fourth-order valence-electron chi connectivity index (χ4n) is 3.25. The number of sulfonamides is 1. The molecular weight excluding hydrogens is 352 g/mol. The highest BCUT2D eigenvalue weighted by Crippen LogP contribution is 2.16. The summed E-state index contributed by atoms with van der Waals surface area (Å²) in [5.74, 6) is 0. The first-order chi connectivity index (χ1) is 12.4. The molecule has 0 saturated heterocycles. The number of nitrogens with one attached hydrogen (secondary N) is 1. The molecule has 0 spiro atoms. The molecule has 2 aromatic heterocycles. The fourth-order valence-corrected chi connectivity index (χ4v) is 4.51. The summed E-state index contributed by atoms with van der Waals surface area (Å²) in [6.07, 6.45) is 2.39. The fraction of sp³-hybridized carbons (Fsp3) is 0.647. The van der Waals surface area contributed by atoms with Crippen LogP contribution in [0, 0.1) is 6.92 Å². The smallest absolute Gasteiger partial charge is 0.258 e. The highest BCUT2D eigenvalue weighted by molar-refractivity contribution is 7.89. The second-order valence-corrected chi connectivity index (χ2v) is 8.46. The van der Waals surface area contributed by atoms with E-state index in [4.69, 9.17) is 0 Å². The van der Waals surface area contributed by atoms with Gasteiger partial charge >= 0.3 is 0 Å². The van der Waals surface area contributed by atoms with Crippen LogP contribution in [0.3, 0.4) is 0 Å². The van der Waals surface area contributed by atoms with Gasteiger partial charge in [0.1, 0.15) is 0 Å². The maximum Gasteiger partial charge on any atom is 0.258 e. The van der Waals surface area contributed by atoms with Crippen LogP contribution in [0.2, 0.25) is 0 Å². The van der Waals surface area contributed by atoms with Crippen molar-refractivity contribution in [1.29, 1.82) is 0 Å². The predicted molar refractivity (Wildman–Crippen MR) is 99.1 cm³/mol. The van der Waals surface area contributed by atoms with Gasteiger partial charge in [0.15, 0.2) is 5.03 Å². The highest BCUT2D eigenvalue weighted by atomic mass is 32.2. The van der Waals surface area contributed by atoms with Crippen LogP contribution >= 0.6 is 0 Å². The first-order valence-electron chi connectivity index (χ1n) is 9.25. The molecule has 0 aliphatic carbocycles. The molecule has 0 fully saturated rings. The van der Waals surface area contributed by atoms with Crippen molar-refractivity contribution in [2.45, 2.75) is 64.8 Å². The molecule has 0 unspecified atom stereocenters. The number of aromatic nitrogens is 4. The van der Waals surface area contributed by atoms with Crippen LogP contribution in [0.4, 0.5) is 0 Å². The average Bonchev–Trinajstić information content (AvgIpc) is 3.20. The van der Waals surface area contributed by atoms with Gasteiger partial charge in [-0.3, -0.25) is 14.3 Å². The molecule has 8 nitrogen and oxygen atoms in total. The van der Waals surface area contributed by atoms with Crippen molar-refractivity contribution in [3.63, 3.8) is 0 Å². The molecule has 0 amide bonds. The predicted octanol–water partition coefficient (Wildman–Crippen LogP) is 1.50. The lowest BCUT2D eigenvalue weighted by molar-refractivity contribution is 0.210. The first-order valence-corrected chi connectivity index (χ1v) is 10.7. The van der Waals surface area contributed by atoms with E-state index in [9.17, 15) is 8.42 Å². The summed E-state index contributed by atoms with van der Waals surface area (Å²) < 4.78 is 31.3. The first kappa shape index (κ1) is 19.1. The Bertz CT molecular complexity index is 855. The number of rotatable bonds is 8. The Morgan fingerprint density at radius 2 is 2.00 bits per heavy atom. The Morgan fingerprint density at radius 3 is 2.73 bits per heavy atom. The van der Waals surface area contributed by atoms with Crippen molar-refractivity contribution >= 4 is 10.0 Å². The van der Waals surface area contributed by atoms with Crippen LogP contribution in [0.1, 0.15) is 43.8 Å². The zero-order valence-electron chi connectivity index (χ0n) is 15.8. The second-order valence-electron chi connectivity index (χ2n) is 6.74. The minimum Gasteiger partial charge on any atom is -0.296 e. The Kier molecular flexibility index (Phi) is 5.79. The number of unbranched alkanes of at least 4 members (excludes halogenated alkanes) is 1. The summed E-state index contributed by atoms with van der Waals surface area (Å²) in [5.41, 5.74) is 2.59.